The molecule has 3 nitrogen and oxygen atoms in total. The molecule has 3 aromatic carbocycles. The lowest BCUT2D eigenvalue weighted by Crippen LogP contribution is -2.01. The van der Waals surface area contributed by atoms with Crippen LogP contribution in [0.2, 0.25) is 0 Å². The second-order valence-electron chi connectivity index (χ2n) is 5.95. The van der Waals surface area contributed by atoms with Crippen LogP contribution in [0.25, 0.3) is 0 Å². The largest absolute Gasteiger partial charge is 0.497 e. The number of hydrogen-bond acceptors (Lipinski definition) is 3. The van der Waals surface area contributed by atoms with Gasteiger partial charge in [0.1, 0.15) is 17.2 Å². The first-order valence-electron chi connectivity index (χ1n) is 8.11. The summed E-state index contributed by atoms with van der Waals surface area (Å²) in [4.78, 5) is 12.5. The molecule has 0 aliphatic heterocycles. The Morgan fingerprint density at radius 3 is 1.88 bits per heavy atom. The van der Waals surface area contributed by atoms with Gasteiger partial charge in [0, 0.05) is 11.1 Å². The number of aryl methyl sites for hydroxylation is 2. The maximum Gasteiger partial charge on any atom is 0.193 e. The van der Waals surface area contributed by atoms with Crippen molar-refractivity contribution in [2.24, 2.45) is 0 Å². The molecule has 0 aromatic heterocycles. The van der Waals surface area contributed by atoms with Crippen LogP contribution in [0, 0.1) is 13.8 Å². The summed E-state index contributed by atoms with van der Waals surface area (Å²) in [6, 6.07) is 20.4. The van der Waals surface area contributed by atoms with Gasteiger partial charge in [-0.2, -0.15) is 0 Å². The summed E-state index contributed by atoms with van der Waals surface area (Å²) in [5.41, 5.74) is 3.45. The Hall–Kier alpha value is -3.07. The van der Waals surface area contributed by atoms with E-state index < -0.39 is 0 Å². The van der Waals surface area contributed by atoms with E-state index in [-0.39, 0.29) is 5.78 Å². The first-order valence-corrected chi connectivity index (χ1v) is 8.11. The molecule has 25 heavy (non-hydrogen) atoms. The first kappa shape index (κ1) is 16.8. The van der Waals surface area contributed by atoms with Gasteiger partial charge in [0.2, 0.25) is 0 Å². The summed E-state index contributed by atoms with van der Waals surface area (Å²) in [6.45, 7) is 3.97. The van der Waals surface area contributed by atoms with Crippen LogP contribution >= 0.6 is 0 Å². The highest BCUT2D eigenvalue weighted by molar-refractivity contribution is 6.09. The van der Waals surface area contributed by atoms with Gasteiger partial charge in [0.25, 0.3) is 0 Å². The minimum atomic E-state index is 0.00665. The fourth-order valence-corrected chi connectivity index (χ4v) is 2.54. The molecule has 0 N–H and O–H groups in total. The normalized spacial score (nSPS) is 10.4. The van der Waals surface area contributed by atoms with Crippen LogP contribution in [-0.4, -0.2) is 12.9 Å². The standard InChI is InChI=1S/C22H20O3/c1-15-4-6-17(7-5-15)22(23)18-8-10-19(11-9-18)25-21-13-12-20(24-3)14-16(21)2/h4-14H,1-3H3. The van der Waals surface area contributed by atoms with Crippen LogP contribution in [0.4, 0.5) is 0 Å². The van der Waals surface area contributed by atoms with E-state index in [1.807, 2.05) is 68.4 Å². The van der Waals surface area contributed by atoms with E-state index in [1.165, 1.54) is 0 Å². The van der Waals surface area contributed by atoms with Gasteiger partial charge in [-0.15, -0.1) is 0 Å². The van der Waals surface area contributed by atoms with E-state index in [1.54, 1.807) is 19.2 Å². The Balaban J connectivity index is 1.76. The number of benzene rings is 3. The zero-order valence-electron chi connectivity index (χ0n) is 14.6. The number of rotatable bonds is 5. The quantitative estimate of drug-likeness (QED) is 0.592. The molecular formula is C22H20O3. The predicted octanol–water partition coefficient (Wildman–Crippen LogP) is 5.34. The van der Waals surface area contributed by atoms with Gasteiger partial charge in [0.05, 0.1) is 7.11 Å². The molecule has 3 heteroatoms. The molecule has 0 heterocycles. The SMILES string of the molecule is COc1ccc(Oc2ccc(C(=O)c3ccc(C)cc3)cc2)c(C)c1. The lowest BCUT2D eigenvalue weighted by Gasteiger charge is -2.10. The van der Waals surface area contributed by atoms with Gasteiger partial charge in [0.15, 0.2) is 5.78 Å². The Kier molecular flexibility index (Phi) is 4.85. The Bertz CT molecular complexity index is 878. The molecule has 0 fully saturated rings. The van der Waals surface area contributed by atoms with E-state index in [4.69, 9.17) is 9.47 Å². The number of methoxy groups -OCH3 is 1. The van der Waals surface area contributed by atoms with Crippen LogP contribution in [0.3, 0.4) is 0 Å². The number of carbonyl (C=O) groups excluding carboxylic acids is 1. The molecule has 3 rings (SSSR count). The molecule has 0 unspecified atom stereocenters. The van der Waals surface area contributed by atoms with Crippen molar-refractivity contribution in [2.45, 2.75) is 13.8 Å². The first-order chi connectivity index (χ1) is 12.1. The van der Waals surface area contributed by atoms with Crippen molar-refractivity contribution in [1.29, 1.82) is 0 Å². The van der Waals surface area contributed by atoms with Gasteiger partial charge < -0.3 is 9.47 Å². The van der Waals surface area contributed by atoms with Gasteiger partial charge in [-0.25, -0.2) is 0 Å². The maximum atomic E-state index is 12.5. The van der Waals surface area contributed by atoms with Crippen molar-refractivity contribution in [1.82, 2.24) is 0 Å². The van der Waals surface area contributed by atoms with Crippen LogP contribution in [0.1, 0.15) is 27.0 Å². The molecule has 0 saturated carbocycles. The van der Waals surface area contributed by atoms with Gasteiger partial charge >= 0.3 is 0 Å². The van der Waals surface area contributed by atoms with Crippen LogP contribution in [0.5, 0.6) is 17.2 Å². The van der Waals surface area contributed by atoms with Crippen LogP contribution in [-0.2, 0) is 0 Å². The third-order valence-electron chi connectivity index (χ3n) is 4.04. The smallest absolute Gasteiger partial charge is 0.193 e. The van der Waals surface area contributed by atoms with Gasteiger partial charge in [-0.3, -0.25) is 4.79 Å². The summed E-state index contributed by atoms with van der Waals surface area (Å²) in [7, 11) is 1.64. The molecule has 126 valence electrons. The second kappa shape index (κ2) is 7.22. The molecule has 0 aliphatic rings. The summed E-state index contributed by atoms with van der Waals surface area (Å²) < 4.78 is 11.1. The summed E-state index contributed by atoms with van der Waals surface area (Å²) in [5.74, 6) is 2.25. The van der Waals surface area contributed by atoms with Gasteiger partial charge in [-0.1, -0.05) is 29.8 Å². The summed E-state index contributed by atoms with van der Waals surface area (Å²) >= 11 is 0. The fraction of sp³-hybridized carbons (Fsp3) is 0.136. The molecule has 0 bridgehead atoms. The van der Waals surface area contributed by atoms with Crippen molar-refractivity contribution in [3.63, 3.8) is 0 Å². The molecular weight excluding hydrogens is 312 g/mol. The monoisotopic (exact) mass is 332 g/mol. The molecule has 0 amide bonds. The minimum Gasteiger partial charge on any atom is -0.497 e. The highest BCUT2D eigenvalue weighted by Gasteiger charge is 2.09. The van der Waals surface area contributed by atoms with E-state index >= 15 is 0 Å². The number of carbonyl (C=O) groups is 1. The summed E-state index contributed by atoms with van der Waals surface area (Å²) in [5, 5.41) is 0. The minimum absolute atomic E-state index is 0.00665. The molecule has 3 aromatic rings. The van der Waals surface area contributed by atoms with E-state index in [2.05, 4.69) is 0 Å². The van der Waals surface area contributed by atoms with Crippen molar-refractivity contribution < 1.29 is 14.3 Å². The van der Waals surface area contributed by atoms with Crippen LogP contribution in [0.15, 0.2) is 66.7 Å². The average Bonchev–Trinajstić information content (AvgIpc) is 2.64. The predicted molar refractivity (Wildman–Crippen MR) is 98.9 cm³/mol. The van der Waals surface area contributed by atoms with Crippen molar-refractivity contribution in [2.75, 3.05) is 7.11 Å². The molecule has 0 atom stereocenters. The average molecular weight is 332 g/mol. The van der Waals surface area contributed by atoms with E-state index in [0.717, 1.165) is 22.6 Å². The van der Waals surface area contributed by atoms with Crippen LogP contribution < -0.4 is 9.47 Å². The van der Waals surface area contributed by atoms with E-state index in [0.29, 0.717) is 16.9 Å². The highest BCUT2D eigenvalue weighted by atomic mass is 16.5. The topological polar surface area (TPSA) is 35.5 Å². The zero-order valence-corrected chi connectivity index (χ0v) is 14.6. The molecule has 0 radical (unpaired) electrons. The zero-order chi connectivity index (χ0) is 17.8. The molecule has 0 aliphatic carbocycles. The fourth-order valence-electron chi connectivity index (χ4n) is 2.54. The third kappa shape index (κ3) is 3.89. The second-order valence-corrected chi connectivity index (χ2v) is 5.95. The molecule has 0 spiro atoms. The maximum absolute atomic E-state index is 12.5. The summed E-state index contributed by atoms with van der Waals surface area (Å²) in [6.07, 6.45) is 0. The van der Waals surface area contributed by atoms with Crippen molar-refractivity contribution in [3.8, 4) is 17.2 Å². The van der Waals surface area contributed by atoms with Gasteiger partial charge in [-0.05, 0) is 61.9 Å². The Labute approximate surface area is 147 Å². The number of hydrogen-bond donors (Lipinski definition) is 0. The lowest BCUT2D eigenvalue weighted by atomic mass is 10.0. The van der Waals surface area contributed by atoms with Crippen molar-refractivity contribution >= 4 is 5.78 Å². The number of ketones is 1. The molecule has 0 saturated heterocycles. The Morgan fingerprint density at radius 2 is 1.32 bits per heavy atom. The van der Waals surface area contributed by atoms with Crippen molar-refractivity contribution in [3.05, 3.63) is 89.0 Å². The lowest BCUT2D eigenvalue weighted by molar-refractivity contribution is 0.103. The third-order valence-corrected chi connectivity index (χ3v) is 4.04. The highest BCUT2D eigenvalue weighted by Crippen LogP contribution is 2.28. The van der Waals surface area contributed by atoms with E-state index in [9.17, 15) is 4.79 Å². The number of ether oxygens (including phenoxy) is 2. The Morgan fingerprint density at radius 1 is 0.760 bits per heavy atom.